The molecule has 2 heterocycles. The van der Waals surface area contributed by atoms with E-state index in [1.807, 2.05) is 36.4 Å². The smallest absolute Gasteiger partial charge is 0.163 e. The van der Waals surface area contributed by atoms with Crippen molar-refractivity contribution in [1.29, 1.82) is 0 Å². The third-order valence-corrected chi connectivity index (χ3v) is 4.71. The van der Waals surface area contributed by atoms with Crippen LogP contribution in [0, 0.1) is 0 Å². The number of hydrogen-bond donors (Lipinski definition) is 0. The summed E-state index contributed by atoms with van der Waals surface area (Å²) in [6.45, 7) is 0. The Morgan fingerprint density at radius 2 is 2.00 bits per heavy atom. The maximum atomic E-state index is 12.5. The van der Waals surface area contributed by atoms with Crippen LogP contribution in [0.2, 0.25) is 0 Å². The minimum Gasteiger partial charge on any atom is -0.469 e. The maximum absolute atomic E-state index is 12.5. The lowest BCUT2D eigenvalue weighted by atomic mass is 9.82. The SMILES string of the molecule is O=C1C[C@H](c2ccco2)CC2=C1C=C1C2=Nc2ccccc21. The van der Waals surface area contributed by atoms with Crippen molar-refractivity contribution >= 4 is 22.8 Å². The van der Waals surface area contributed by atoms with Gasteiger partial charge in [-0.2, -0.15) is 0 Å². The van der Waals surface area contributed by atoms with Gasteiger partial charge in [0.25, 0.3) is 0 Å². The fourth-order valence-corrected chi connectivity index (χ4v) is 3.67. The lowest BCUT2D eigenvalue weighted by molar-refractivity contribution is -0.116. The molecular weight excluding hydrogens is 274 g/mol. The van der Waals surface area contributed by atoms with E-state index in [-0.39, 0.29) is 11.7 Å². The van der Waals surface area contributed by atoms with E-state index in [0.29, 0.717) is 6.42 Å². The van der Waals surface area contributed by atoms with Gasteiger partial charge in [-0.15, -0.1) is 0 Å². The van der Waals surface area contributed by atoms with Crippen molar-refractivity contribution in [2.75, 3.05) is 0 Å². The Hall–Kier alpha value is -2.68. The number of para-hydroxylation sites is 1. The fourth-order valence-electron chi connectivity index (χ4n) is 3.67. The van der Waals surface area contributed by atoms with Crippen LogP contribution in [-0.2, 0) is 4.79 Å². The molecule has 0 N–H and O–H groups in total. The molecule has 0 unspecified atom stereocenters. The monoisotopic (exact) mass is 287 g/mol. The van der Waals surface area contributed by atoms with Crippen molar-refractivity contribution < 1.29 is 9.21 Å². The number of aliphatic imine (C=N–C) groups is 1. The highest BCUT2D eigenvalue weighted by Gasteiger charge is 2.38. The quantitative estimate of drug-likeness (QED) is 0.788. The second-order valence-corrected chi connectivity index (χ2v) is 5.97. The molecule has 3 aliphatic rings. The molecule has 0 radical (unpaired) electrons. The highest BCUT2D eigenvalue weighted by atomic mass is 16.3. The number of ketones is 1. The number of carbonyl (C=O) groups is 1. The van der Waals surface area contributed by atoms with Gasteiger partial charge in [0.2, 0.25) is 0 Å². The standard InChI is InChI=1S/C19H13NO2/c21-17-9-11(18-6-3-7-22-18)8-14-13(17)10-15-12-4-1-2-5-16(12)20-19(14)15/h1-7,10-11H,8-9H2/t11-/m1/s1. The summed E-state index contributed by atoms with van der Waals surface area (Å²) in [4.78, 5) is 17.3. The van der Waals surface area contributed by atoms with Crippen molar-refractivity contribution in [2.24, 2.45) is 4.99 Å². The molecule has 3 nitrogen and oxygen atoms in total. The van der Waals surface area contributed by atoms with Gasteiger partial charge in [-0.1, -0.05) is 18.2 Å². The van der Waals surface area contributed by atoms with Crippen molar-refractivity contribution in [3.05, 3.63) is 71.2 Å². The summed E-state index contributed by atoms with van der Waals surface area (Å²) in [5, 5.41) is 0. The maximum Gasteiger partial charge on any atom is 0.163 e. The molecule has 1 atom stereocenters. The number of allylic oxidation sites excluding steroid dienone is 4. The van der Waals surface area contributed by atoms with E-state index in [1.165, 1.54) is 0 Å². The average molecular weight is 287 g/mol. The van der Waals surface area contributed by atoms with Gasteiger partial charge in [0.15, 0.2) is 5.78 Å². The normalized spacial score (nSPS) is 22.2. The Labute approximate surface area is 127 Å². The van der Waals surface area contributed by atoms with Crippen LogP contribution < -0.4 is 0 Å². The van der Waals surface area contributed by atoms with E-state index < -0.39 is 0 Å². The van der Waals surface area contributed by atoms with E-state index in [1.54, 1.807) is 6.26 Å². The number of furan rings is 1. The van der Waals surface area contributed by atoms with Crippen LogP contribution in [0.1, 0.15) is 30.1 Å². The first-order valence-corrected chi connectivity index (χ1v) is 7.51. The summed E-state index contributed by atoms with van der Waals surface area (Å²) in [5.41, 5.74) is 6.17. The molecule has 0 saturated heterocycles. The lowest BCUT2D eigenvalue weighted by Crippen LogP contribution is -2.18. The Morgan fingerprint density at radius 1 is 1.09 bits per heavy atom. The van der Waals surface area contributed by atoms with E-state index >= 15 is 0 Å². The average Bonchev–Trinajstić information content (AvgIpc) is 3.22. The zero-order chi connectivity index (χ0) is 14.7. The molecule has 1 aromatic heterocycles. The number of hydrogen-bond acceptors (Lipinski definition) is 3. The summed E-state index contributed by atoms with van der Waals surface area (Å²) in [6.07, 6.45) is 5.04. The van der Waals surface area contributed by atoms with Crippen LogP contribution in [0.4, 0.5) is 5.69 Å². The number of Topliss-reactive ketones (excluding diaryl/α,β-unsaturated/α-hetero) is 1. The Balaban J connectivity index is 1.59. The third kappa shape index (κ3) is 1.51. The Bertz CT molecular complexity index is 897. The predicted octanol–water partition coefficient (Wildman–Crippen LogP) is 4.21. The number of nitrogens with zero attached hydrogens (tertiary/aromatic N) is 1. The molecule has 0 spiro atoms. The first-order valence-electron chi connectivity index (χ1n) is 7.51. The van der Waals surface area contributed by atoms with Gasteiger partial charge in [0.1, 0.15) is 5.76 Å². The zero-order valence-corrected chi connectivity index (χ0v) is 11.9. The largest absolute Gasteiger partial charge is 0.469 e. The van der Waals surface area contributed by atoms with E-state index in [2.05, 4.69) is 6.07 Å². The first kappa shape index (κ1) is 11.9. The van der Waals surface area contributed by atoms with Crippen LogP contribution in [0.25, 0.3) is 5.57 Å². The molecule has 106 valence electrons. The van der Waals surface area contributed by atoms with Gasteiger partial charge < -0.3 is 4.42 Å². The molecule has 2 aromatic rings. The molecule has 5 rings (SSSR count). The van der Waals surface area contributed by atoms with E-state index in [4.69, 9.17) is 9.41 Å². The molecular formula is C19H13NO2. The van der Waals surface area contributed by atoms with Crippen molar-refractivity contribution in [1.82, 2.24) is 0 Å². The number of fused-ring (bicyclic) bond motifs is 4. The van der Waals surface area contributed by atoms with Crippen LogP contribution in [-0.4, -0.2) is 11.5 Å². The van der Waals surface area contributed by atoms with E-state index in [9.17, 15) is 4.79 Å². The highest BCUT2D eigenvalue weighted by Crippen LogP contribution is 2.47. The van der Waals surface area contributed by atoms with Gasteiger partial charge in [-0.25, -0.2) is 4.99 Å². The van der Waals surface area contributed by atoms with Crippen LogP contribution >= 0.6 is 0 Å². The van der Waals surface area contributed by atoms with Crippen LogP contribution in [0.15, 0.2) is 69.3 Å². The van der Waals surface area contributed by atoms with Crippen LogP contribution in [0.5, 0.6) is 0 Å². The summed E-state index contributed by atoms with van der Waals surface area (Å²) in [5.74, 6) is 1.22. The first-order chi connectivity index (χ1) is 10.8. The van der Waals surface area contributed by atoms with Crippen molar-refractivity contribution in [2.45, 2.75) is 18.8 Å². The molecule has 0 fully saturated rings. The van der Waals surface area contributed by atoms with Crippen molar-refractivity contribution in [3.63, 3.8) is 0 Å². The van der Waals surface area contributed by atoms with Gasteiger partial charge in [-0.3, -0.25) is 4.79 Å². The number of benzene rings is 1. The summed E-state index contributed by atoms with van der Waals surface area (Å²) >= 11 is 0. The second-order valence-electron chi connectivity index (χ2n) is 5.97. The molecule has 3 heteroatoms. The minimum absolute atomic E-state index is 0.125. The molecule has 22 heavy (non-hydrogen) atoms. The Morgan fingerprint density at radius 3 is 2.86 bits per heavy atom. The van der Waals surface area contributed by atoms with Gasteiger partial charge in [-0.05, 0) is 36.3 Å². The molecule has 2 aliphatic carbocycles. The lowest BCUT2D eigenvalue weighted by Gasteiger charge is -2.21. The molecule has 0 amide bonds. The highest BCUT2D eigenvalue weighted by molar-refractivity contribution is 6.41. The number of carbonyl (C=O) groups excluding carboxylic acids is 1. The predicted molar refractivity (Wildman–Crippen MR) is 84.2 cm³/mol. The van der Waals surface area contributed by atoms with E-state index in [0.717, 1.165) is 45.9 Å². The Kier molecular flexibility index (Phi) is 2.26. The summed E-state index contributed by atoms with van der Waals surface area (Å²) in [7, 11) is 0. The molecule has 0 saturated carbocycles. The van der Waals surface area contributed by atoms with Crippen molar-refractivity contribution in [3.8, 4) is 0 Å². The molecule has 1 aromatic carbocycles. The second kappa shape index (κ2) is 4.17. The summed E-state index contributed by atoms with van der Waals surface area (Å²) < 4.78 is 5.51. The topological polar surface area (TPSA) is 42.6 Å². The third-order valence-electron chi connectivity index (χ3n) is 4.71. The minimum atomic E-state index is 0.125. The molecule has 1 aliphatic heterocycles. The molecule has 0 bridgehead atoms. The van der Waals surface area contributed by atoms with Gasteiger partial charge in [0, 0.05) is 29.0 Å². The summed E-state index contributed by atoms with van der Waals surface area (Å²) in [6, 6.07) is 11.9. The van der Waals surface area contributed by atoms with Crippen LogP contribution in [0.3, 0.4) is 0 Å². The zero-order valence-electron chi connectivity index (χ0n) is 11.9. The number of rotatable bonds is 1. The van der Waals surface area contributed by atoms with Gasteiger partial charge >= 0.3 is 0 Å². The fraction of sp³-hybridized carbons (Fsp3) is 0.158. The van der Waals surface area contributed by atoms with Gasteiger partial charge in [0.05, 0.1) is 17.7 Å².